The number of thioether (sulfide) groups is 1. The Morgan fingerprint density at radius 1 is 1.40 bits per heavy atom. The van der Waals surface area contributed by atoms with Crippen molar-refractivity contribution in [3.8, 4) is 5.75 Å². The summed E-state index contributed by atoms with van der Waals surface area (Å²) in [6.45, 7) is 0. The summed E-state index contributed by atoms with van der Waals surface area (Å²) in [5.74, 6) is 0.333. The van der Waals surface area contributed by atoms with Gasteiger partial charge in [0, 0.05) is 22.0 Å². The third-order valence-corrected chi connectivity index (χ3v) is 4.06. The van der Waals surface area contributed by atoms with Crippen LogP contribution in [-0.2, 0) is 5.75 Å². The van der Waals surface area contributed by atoms with Gasteiger partial charge in [-0.15, -0.1) is 11.8 Å². The van der Waals surface area contributed by atoms with Gasteiger partial charge in [-0.2, -0.15) is 0 Å². The van der Waals surface area contributed by atoms with Crippen molar-refractivity contribution < 1.29 is 14.6 Å². The van der Waals surface area contributed by atoms with Crippen LogP contribution in [0.15, 0.2) is 46.0 Å². The number of aromatic carboxylic acids is 1. The van der Waals surface area contributed by atoms with Gasteiger partial charge in [0.1, 0.15) is 5.75 Å². The summed E-state index contributed by atoms with van der Waals surface area (Å²) in [5.41, 5.74) is 1.09. The fourth-order valence-electron chi connectivity index (χ4n) is 1.62. The Balaban J connectivity index is 2.16. The predicted molar refractivity (Wildman–Crippen MR) is 81.5 cm³/mol. The monoisotopic (exact) mass is 353 g/mol. The highest BCUT2D eigenvalue weighted by atomic mass is 79.9. The van der Waals surface area contributed by atoms with Crippen molar-refractivity contribution in [3.05, 3.63) is 52.1 Å². The van der Waals surface area contributed by atoms with Crippen molar-refractivity contribution >= 4 is 33.7 Å². The van der Waals surface area contributed by atoms with E-state index in [4.69, 9.17) is 9.84 Å². The van der Waals surface area contributed by atoms with E-state index in [9.17, 15) is 4.79 Å². The molecule has 6 heteroatoms. The lowest BCUT2D eigenvalue weighted by molar-refractivity contribution is 0.0696. The van der Waals surface area contributed by atoms with E-state index in [2.05, 4.69) is 20.9 Å². The largest absolute Gasteiger partial charge is 0.496 e. The number of carboxylic acid groups (broad SMARTS) is 1. The number of methoxy groups -OCH3 is 1. The lowest BCUT2D eigenvalue weighted by Crippen LogP contribution is -1.99. The number of hydrogen-bond donors (Lipinski definition) is 1. The number of nitrogens with zero attached hydrogens (tertiary/aromatic N) is 1. The molecule has 0 fully saturated rings. The zero-order chi connectivity index (χ0) is 14.5. The second kappa shape index (κ2) is 6.76. The van der Waals surface area contributed by atoms with Crippen LogP contribution >= 0.6 is 27.7 Å². The number of ether oxygens (including phenoxy) is 1. The minimum absolute atomic E-state index is 0.255. The van der Waals surface area contributed by atoms with Crippen LogP contribution in [0.25, 0.3) is 0 Å². The number of carboxylic acids is 1. The summed E-state index contributed by atoms with van der Waals surface area (Å²) >= 11 is 4.86. The average molecular weight is 354 g/mol. The summed E-state index contributed by atoms with van der Waals surface area (Å²) in [6, 6.07) is 8.66. The van der Waals surface area contributed by atoms with Gasteiger partial charge in [0.25, 0.3) is 0 Å². The zero-order valence-electron chi connectivity index (χ0n) is 10.7. The molecule has 1 heterocycles. The Morgan fingerprint density at radius 3 is 2.80 bits per heavy atom. The molecule has 20 heavy (non-hydrogen) atoms. The second-order valence-corrected chi connectivity index (χ2v) is 5.85. The van der Waals surface area contributed by atoms with Crippen molar-refractivity contribution in [1.29, 1.82) is 0 Å². The molecule has 0 amide bonds. The molecule has 0 aliphatic rings. The van der Waals surface area contributed by atoms with E-state index >= 15 is 0 Å². The van der Waals surface area contributed by atoms with Gasteiger partial charge in [-0.25, -0.2) is 9.78 Å². The minimum atomic E-state index is -0.944. The summed E-state index contributed by atoms with van der Waals surface area (Å²) in [6.07, 6.45) is 1.73. The van der Waals surface area contributed by atoms with E-state index in [1.165, 1.54) is 17.8 Å². The van der Waals surface area contributed by atoms with Crippen LogP contribution in [0.2, 0.25) is 0 Å². The molecule has 2 rings (SSSR count). The zero-order valence-corrected chi connectivity index (χ0v) is 13.1. The highest BCUT2D eigenvalue weighted by molar-refractivity contribution is 9.10. The molecule has 1 aromatic heterocycles. The molecular weight excluding hydrogens is 342 g/mol. The van der Waals surface area contributed by atoms with Crippen LogP contribution in [0.3, 0.4) is 0 Å². The molecule has 1 N–H and O–H groups in total. The Morgan fingerprint density at radius 2 is 2.20 bits per heavy atom. The molecule has 0 radical (unpaired) electrons. The fraction of sp³-hybridized carbons (Fsp3) is 0.143. The quantitative estimate of drug-likeness (QED) is 0.827. The highest BCUT2D eigenvalue weighted by Gasteiger charge is 2.09. The molecule has 0 saturated carbocycles. The molecule has 0 saturated heterocycles. The first-order valence-electron chi connectivity index (χ1n) is 5.74. The van der Waals surface area contributed by atoms with E-state index in [0.29, 0.717) is 11.5 Å². The topological polar surface area (TPSA) is 59.4 Å². The molecule has 0 unspecified atom stereocenters. The molecule has 0 aliphatic carbocycles. The molecule has 104 valence electrons. The third-order valence-electron chi connectivity index (χ3n) is 2.60. The minimum Gasteiger partial charge on any atom is -0.496 e. The van der Waals surface area contributed by atoms with E-state index in [-0.39, 0.29) is 5.56 Å². The maximum Gasteiger partial charge on any atom is 0.335 e. The number of halogens is 1. The predicted octanol–water partition coefficient (Wildman–Crippen LogP) is 3.84. The Kier molecular flexibility index (Phi) is 5.03. The lowest BCUT2D eigenvalue weighted by atomic mass is 10.1. The third kappa shape index (κ3) is 3.74. The van der Waals surface area contributed by atoms with Gasteiger partial charge in [-0.3, -0.25) is 0 Å². The van der Waals surface area contributed by atoms with Crippen LogP contribution in [0.4, 0.5) is 0 Å². The van der Waals surface area contributed by atoms with Crippen molar-refractivity contribution in [3.63, 3.8) is 0 Å². The van der Waals surface area contributed by atoms with Crippen LogP contribution in [0.5, 0.6) is 5.75 Å². The maximum atomic E-state index is 11.0. The van der Waals surface area contributed by atoms with Crippen molar-refractivity contribution in [2.24, 2.45) is 0 Å². The number of carbonyl (C=O) groups is 1. The van der Waals surface area contributed by atoms with Gasteiger partial charge < -0.3 is 9.84 Å². The first-order valence-corrected chi connectivity index (χ1v) is 7.52. The Labute approximate surface area is 129 Å². The normalized spacial score (nSPS) is 10.3. The second-order valence-electron chi connectivity index (χ2n) is 3.94. The van der Waals surface area contributed by atoms with Crippen LogP contribution in [-0.4, -0.2) is 23.2 Å². The van der Waals surface area contributed by atoms with E-state index in [0.717, 1.165) is 15.1 Å². The molecular formula is C14H12BrNO3S. The first-order chi connectivity index (χ1) is 9.60. The smallest absolute Gasteiger partial charge is 0.335 e. The summed E-state index contributed by atoms with van der Waals surface area (Å²) < 4.78 is 6.18. The van der Waals surface area contributed by atoms with Gasteiger partial charge in [0.15, 0.2) is 0 Å². The van der Waals surface area contributed by atoms with Crippen LogP contribution in [0, 0.1) is 0 Å². The SMILES string of the molecule is COc1ccc(C(=O)O)cc1CSc1ccc(Br)cn1. The molecule has 0 spiro atoms. The van der Waals surface area contributed by atoms with Crippen molar-refractivity contribution in [2.45, 2.75) is 10.8 Å². The van der Waals surface area contributed by atoms with Gasteiger partial charge in [0.2, 0.25) is 0 Å². The molecule has 4 nitrogen and oxygen atoms in total. The standard InChI is InChI=1S/C14H12BrNO3S/c1-19-12-4-2-9(14(17)18)6-10(12)8-20-13-5-3-11(15)7-16-13/h2-7H,8H2,1H3,(H,17,18). The molecule has 1 aromatic carbocycles. The number of aromatic nitrogens is 1. The molecule has 0 atom stereocenters. The van der Waals surface area contributed by atoms with Crippen LogP contribution in [0.1, 0.15) is 15.9 Å². The summed E-state index contributed by atoms with van der Waals surface area (Å²) in [7, 11) is 1.57. The maximum absolute atomic E-state index is 11.0. The van der Waals surface area contributed by atoms with Crippen molar-refractivity contribution in [1.82, 2.24) is 4.98 Å². The lowest BCUT2D eigenvalue weighted by Gasteiger charge is -2.09. The molecule has 0 bridgehead atoms. The van der Waals surface area contributed by atoms with Crippen LogP contribution < -0.4 is 4.74 Å². The summed E-state index contributed by atoms with van der Waals surface area (Å²) in [5, 5.41) is 9.89. The Hall–Kier alpha value is -1.53. The Bertz CT molecular complexity index is 616. The average Bonchev–Trinajstić information content (AvgIpc) is 2.46. The summed E-state index contributed by atoms with van der Waals surface area (Å²) in [4.78, 5) is 15.3. The number of pyridine rings is 1. The van der Waals surface area contributed by atoms with E-state index < -0.39 is 5.97 Å². The van der Waals surface area contributed by atoms with E-state index in [1.54, 1.807) is 25.4 Å². The van der Waals surface area contributed by atoms with Crippen molar-refractivity contribution in [2.75, 3.05) is 7.11 Å². The first kappa shape index (κ1) is 14.9. The highest BCUT2D eigenvalue weighted by Crippen LogP contribution is 2.28. The van der Waals surface area contributed by atoms with Gasteiger partial charge >= 0.3 is 5.97 Å². The van der Waals surface area contributed by atoms with Gasteiger partial charge in [-0.1, -0.05) is 0 Å². The number of hydrogen-bond acceptors (Lipinski definition) is 4. The molecule has 2 aromatic rings. The number of benzene rings is 1. The van der Waals surface area contributed by atoms with E-state index in [1.807, 2.05) is 12.1 Å². The fourth-order valence-corrected chi connectivity index (χ4v) is 2.68. The number of rotatable bonds is 5. The van der Waals surface area contributed by atoms with Gasteiger partial charge in [-0.05, 0) is 46.3 Å². The van der Waals surface area contributed by atoms with Gasteiger partial charge in [0.05, 0.1) is 17.7 Å². The molecule has 0 aliphatic heterocycles.